The van der Waals surface area contributed by atoms with Crippen LogP contribution in [-0.4, -0.2) is 37.6 Å². The van der Waals surface area contributed by atoms with Gasteiger partial charge in [-0.2, -0.15) is 0 Å². The van der Waals surface area contributed by atoms with Crippen molar-refractivity contribution in [3.05, 3.63) is 59.4 Å². The topological polar surface area (TPSA) is 64.8 Å². The molecule has 0 spiro atoms. The molecule has 2 aromatic rings. The lowest BCUT2D eigenvalue weighted by Gasteiger charge is -2.36. The Hall–Kier alpha value is -2.60. The smallest absolute Gasteiger partial charge is 0.254 e. The molecule has 0 bridgehead atoms. The lowest BCUT2D eigenvalue weighted by atomic mass is 9.94. The number of hydrogen-bond acceptors (Lipinski definition) is 4. The van der Waals surface area contributed by atoms with E-state index in [1.54, 1.807) is 31.4 Å². The number of hydrogen-bond donors (Lipinski definition) is 1. The van der Waals surface area contributed by atoms with Crippen molar-refractivity contribution >= 4 is 5.91 Å². The maximum Gasteiger partial charge on any atom is 0.254 e. The first kappa shape index (κ1) is 20.1. The highest BCUT2D eigenvalue weighted by Crippen LogP contribution is 2.34. The monoisotopic (exact) mass is 386 g/mol. The summed E-state index contributed by atoms with van der Waals surface area (Å²) in [7, 11) is 1.57. The molecule has 2 N–H and O–H groups in total. The second-order valence-electron chi connectivity index (χ2n) is 6.92. The summed E-state index contributed by atoms with van der Waals surface area (Å²) in [5.41, 5.74) is 6.89. The fraction of sp³-hybridized carbons (Fsp3) is 0.409. The first-order valence-electron chi connectivity index (χ1n) is 9.71. The molecule has 0 radical (unpaired) electrons. The number of likely N-dealkylation sites (tertiary alicyclic amines) is 1. The standard InChI is InChI=1S/C22H27FN2O3/c1-27-20-10-9-17(15-21(20)28-13-5-11-24)22(26)25-12-3-2-8-19(25)16-6-4-7-18(23)14-16/h4,6-7,9-10,14-15,19H,2-3,5,8,11-13,24H2,1H3/t19-/m0/s1. The molecular weight excluding hydrogens is 359 g/mol. The molecule has 1 atom stereocenters. The predicted octanol–water partition coefficient (Wildman–Crippen LogP) is 3.93. The highest BCUT2D eigenvalue weighted by molar-refractivity contribution is 5.95. The highest BCUT2D eigenvalue weighted by Gasteiger charge is 2.29. The van der Waals surface area contributed by atoms with Crippen LogP contribution in [0.4, 0.5) is 4.39 Å². The number of nitrogens with two attached hydrogens (primary N) is 1. The zero-order chi connectivity index (χ0) is 19.9. The van der Waals surface area contributed by atoms with E-state index in [0.717, 1.165) is 31.2 Å². The quantitative estimate of drug-likeness (QED) is 0.733. The third kappa shape index (κ3) is 4.62. The van der Waals surface area contributed by atoms with Crippen LogP contribution in [0.1, 0.15) is 47.6 Å². The van der Waals surface area contributed by atoms with Crippen molar-refractivity contribution in [1.29, 1.82) is 0 Å². The molecule has 1 aliphatic rings. The van der Waals surface area contributed by atoms with Crippen molar-refractivity contribution in [1.82, 2.24) is 4.90 Å². The summed E-state index contributed by atoms with van der Waals surface area (Å²) >= 11 is 0. The third-order valence-electron chi connectivity index (χ3n) is 5.01. The molecule has 1 fully saturated rings. The van der Waals surface area contributed by atoms with Crippen molar-refractivity contribution < 1.29 is 18.7 Å². The van der Waals surface area contributed by atoms with Gasteiger partial charge in [0.05, 0.1) is 19.8 Å². The van der Waals surface area contributed by atoms with Crippen molar-refractivity contribution in [2.45, 2.75) is 31.7 Å². The summed E-state index contributed by atoms with van der Waals surface area (Å²) in [6.07, 6.45) is 3.49. The fourth-order valence-electron chi connectivity index (χ4n) is 3.59. The molecule has 1 saturated heterocycles. The van der Waals surface area contributed by atoms with Gasteiger partial charge in [-0.1, -0.05) is 12.1 Å². The normalized spacial score (nSPS) is 16.7. The summed E-state index contributed by atoms with van der Waals surface area (Å²) in [5.74, 6) is 0.741. The highest BCUT2D eigenvalue weighted by atomic mass is 19.1. The number of carbonyl (C=O) groups is 1. The van der Waals surface area contributed by atoms with Gasteiger partial charge in [0, 0.05) is 12.1 Å². The van der Waals surface area contributed by atoms with Crippen LogP contribution in [-0.2, 0) is 0 Å². The Balaban J connectivity index is 1.85. The minimum absolute atomic E-state index is 0.0831. The van der Waals surface area contributed by atoms with E-state index in [9.17, 15) is 9.18 Å². The van der Waals surface area contributed by atoms with Crippen molar-refractivity contribution in [2.75, 3.05) is 26.8 Å². The van der Waals surface area contributed by atoms with Gasteiger partial charge in [0.15, 0.2) is 11.5 Å². The van der Waals surface area contributed by atoms with Crippen molar-refractivity contribution in [3.8, 4) is 11.5 Å². The van der Waals surface area contributed by atoms with Gasteiger partial charge >= 0.3 is 0 Å². The minimum Gasteiger partial charge on any atom is -0.493 e. The van der Waals surface area contributed by atoms with Crippen molar-refractivity contribution in [3.63, 3.8) is 0 Å². The molecule has 0 saturated carbocycles. The average molecular weight is 386 g/mol. The van der Waals surface area contributed by atoms with Crippen LogP contribution in [0.2, 0.25) is 0 Å². The Bertz CT molecular complexity index is 812. The molecule has 0 aliphatic carbocycles. The SMILES string of the molecule is COc1ccc(C(=O)N2CCCC[C@H]2c2cccc(F)c2)cc1OCCCN. The minimum atomic E-state index is -0.282. The molecule has 5 nitrogen and oxygen atoms in total. The Morgan fingerprint density at radius 2 is 2.07 bits per heavy atom. The van der Waals surface area contributed by atoms with Gasteiger partial charge in [-0.15, -0.1) is 0 Å². The molecular formula is C22H27FN2O3. The van der Waals surface area contributed by atoms with E-state index in [1.165, 1.54) is 12.1 Å². The molecule has 150 valence electrons. The number of amides is 1. The van der Waals surface area contributed by atoms with Gasteiger partial charge in [0.2, 0.25) is 0 Å². The lowest BCUT2D eigenvalue weighted by molar-refractivity contribution is 0.0610. The van der Waals surface area contributed by atoms with Crippen LogP contribution in [0.5, 0.6) is 11.5 Å². The van der Waals surface area contributed by atoms with E-state index in [1.807, 2.05) is 11.0 Å². The second-order valence-corrected chi connectivity index (χ2v) is 6.92. The van der Waals surface area contributed by atoms with E-state index in [2.05, 4.69) is 0 Å². The molecule has 3 rings (SSSR count). The van der Waals surface area contributed by atoms with E-state index in [-0.39, 0.29) is 17.8 Å². The maximum absolute atomic E-state index is 13.7. The number of piperidine rings is 1. The summed E-state index contributed by atoms with van der Waals surface area (Å²) in [6, 6.07) is 11.6. The zero-order valence-electron chi connectivity index (χ0n) is 16.2. The number of benzene rings is 2. The van der Waals surface area contributed by atoms with E-state index >= 15 is 0 Å². The molecule has 28 heavy (non-hydrogen) atoms. The Morgan fingerprint density at radius 1 is 1.21 bits per heavy atom. The number of rotatable bonds is 7. The molecule has 6 heteroatoms. The molecule has 2 aromatic carbocycles. The van der Waals surface area contributed by atoms with Gasteiger partial charge in [0.1, 0.15) is 5.82 Å². The van der Waals surface area contributed by atoms with Gasteiger partial charge < -0.3 is 20.1 Å². The molecule has 1 heterocycles. The second kappa shape index (κ2) is 9.55. The molecule has 1 aliphatic heterocycles. The van der Waals surface area contributed by atoms with Crippen LogP contribution in [0.15, 0.2) is 42.5 Å². The number of halogens is 1. The van der Waals surface area contributed by atoms with Gasteiger partial charge in [-0.3, -0.25) is 4.79 Å². The summed E-state index contributed by atoms with van der Waals surface area (Å²) in [6.45, 7) is 1.64. The predicted molar refractivity (Wildman–Crippen MR) is 106 cm³/mol. The van der Waals surface area contributed by atoms with E-state index in [4.69, 9.17) is 15.2 Å². The summed E-state index contributed by atoms with van der Waals surface area (Å²) < 4.78 is 24.8. The fourth-order valence-corrected chi connectivity index (χ4v) is 3.59. The van der Waals surface area contributed by atoms with E-state index < -0.39 is 0 Å². The molecule has 0 unspecified atom stereocenters. The van der Waals surface area contributed by atoms with Crippen LogP contribution >= 0.6 is 0 Å². The van der Waals surface area contributed by atoms with Crippen LogP contribution in [0.3, 0.4) is 0 Å². The summed E-state index contributed by atoms with van der Waals surface area (Å²) in [4.78, 5) is 15.1. The van der Waals surface area contributed by atoms with Crippen molar-refractivity contribution in [2.24, 2.45) is 5.73 Å². The summed E-state index contributed by atoms with van der Waals surface area (Å²) in [5, 5.41) is 0. The van der Waals surface area contributed by atoms with Crippen LogP contribution in [0, 0.1) is 5.82 Å². The third-order valence-corrected chi connectivity index (χ3v) is 5.01. The Labute approximate surface area is 165 Å². The van der Waals surface area contributed by atoms with Gasteiger partial charge in [-0.05, 0) is 68.1 Å². The van der Waals surface area contributed by atoms with Gasteiger partial charge in [0.25, 0.3) is 5.91 Å². The number of carbonyl (C=O) groups excluding carboxylic acids is 1. The van der Waals surface area contributed by atoms with Crippen LogP contribution < -0.4 is 15.2 Å². The van der Waals surface area contributed by atoms with E-state index in [0.29, 0.717) is 36.8 Å². The number of ether oxygens (including phenoxy) is 2. The first-order valence-corrected chi connectivity index (χ1v) is 9.71. The molecule has 1 amide bonds. The number of methoxy groups -OCH3 is 1. The average Bonchev–Trinajstić information content (AvgIpc) is 2.73. The zero-order valence-corrected chi connectivity index (χ0v) is 16.2. The lowest BCUT2D eigenvalue weighted by Crippen LogP contribution is -2.38. The van der Waals surface area contributed by atoms with Gasteiger partial charge in [-0.25, -0.2) is 4.39 Å². The maximum atomic E-state index is 13.7. The van der Waals surface area contributed by atoms with Crippen LogP contribution in [0.25, 0.3) is 0 Å². The Kier molecular flexibility index (Phi) is 6.87. The Morgan fingerprint density at radius 3 is 2.82 bits per heavy atom. The largest absolute Gasteiger partial charge is 0.493 e. The molecule has 0 aromatic heterocycles. The first-order chi connectivity index (χ1) is 13.6. The number of nitrogens with zero attached hydrogens (tertiary/aromatic N) is 1.